The third-order valence-corrected chi connectivity index (χ3v) is 3.58. The highest BCUT2D eigenvalue weighted by atomic mass is 16.5. The van der Waals surface area contributed by atoms with Crippen LogP contribution in [0.2, 0.25) is 0 Å². The van der Waals surface area contributed by atoms with E-state index in [1.165, 1.54) is 25.7 Å². The Morgan fingerprint density at radius 3 is 2.59 bits per heavy atom. The van der Waals surface area contributed by atoms with Crippen molar-refractivity contribution in [2.24, 2.45) is 11.8 Å². The van der Waals surface area contributed by atoms with E-state index >= 15 is 0 Å². The van der Waals surface area contributed by atoms with Crippen LogP contribution in [0.25, 0.3) is 0 Å². The zero-order valence-corrected chi connectivity index (χ0v) is 11.1. The third-order valence-electron chi connectivity index (χ3n) is 3.58. The van der Waals surface area contributed by atoms with Crippen LogP contribution in [-0.4, -0.2) is 16.7 Å². The number of hydrogen-bond donors (Lipinski definition) is 1. The van der Waals surface area contributed by atoms with Gasteiger partial charge < -0.3 is 9.84 Å². The molecule has 1 aromatic rings. The van der Waals surface area contributed by atoms with Gasteiger partial charge in [0.15, 0.2) is 5.82 Å². The van der Waals surface area contributed by atoms with Crippen LogP contribution in [0, 0.1) is 18.8 Å². The normalized spacial score (nSPS) is 19.1. The van der Waals surface area contributed by atoms with Crippen molar-refractivity contribution in [2.75, 3.05) is 6.54 Å². The van der Waals surface area contributed by atoms with Crippen molar-refractivity contribution >= 4 is 0 Å². The Hall–Kier alpha value is -0.900. The average Bonchev–Trinajstić information content (AvgIpc) is 2.90. The van der Waals surface area contributed by atoms with Crippen LogP contribution in [0.4, 0.5) is 0 Å². The van der Waals surface area contributed by atoms with Crippen molar-refractivity contribution in [3.05, 3.63) is 11.7 Å². The first-order valence-corrected chi connectivity index (χ1v) is 6.70. The first-order valence-electron chi connectivity index (χ1n) is 6.70. The largest absolute Gasteiger partial charge is 0.338 e. The van der Waals surface area contributed by atoms with E-state index in [4.69, 9.17) is 4.52 Å². The van der Waals surface area contributed by atoms with Crippen LogP contribution in [-0.2, 0) is 0 Å². The van der Waals surface area contributed by atoms with Crippen LogP contribution >= 0.6 is 0 Å². The van der Waals surface area contributed by atoms with Crippen LogP contribution in [0.5, 0.6) is 0 Å². The number of rotatable bonds is 5. The molecule has 0 bridgehead atoms. The molecule has 1 aliphatic carbocycles. The molecule has 0 aromatic carbocycles. The van der Waals surface area contributed by atoms with Crippen LogP contribution in [0.1, 0.15) is 57.3 Å². The number of nitrogens with zero attached hydrogens (tertiary/aromatic N) is 2. The lowest BCUT2D eigenvalue weighted by molar-refractivity contribution is 0.277. The Morgan fingerprint density at radius 1 is 1.35 bits per heavy atom. The molecule has 1 saturated carbocycles. The maximum absolute atomic E-state index is 5.28. The molecule has 1 N–H and O–H groups in total. The molecule has 0 radical (unpaired) electrons. The molecule has 17 heavy (non-hydrogen) atoms. The number of hydrogen-bond acceptors (Lipinski definition) is 4. The fraction of sp³-hybridized carbons (Fsp3) is 0.846. The Balaban J connectivity index is 1.92. The summed E-state index contributed by atoms with van der Waals surface area (Å²) in [4.78, 5) is 4.34. The van der Waals surface area contributed by atoms with Gasteiger partial charge in [0, 0.05) is 0 Å². The minimum atomic E-state index is 0.191. The summed E-state index contributed by atoms with van der Waals surface area (Å²) < 4.78 is 5.28. The molecule has 1 unspecified atom stereocenters. The molecule has 1 atom stereocenters. The smallest absolute Gasteiger partial charge is 0.244 e. The van der Waals surface area contributed by atoms with Gasteiger partial charge in [-0.3, -0.25) is 0 Å². The zero-order valence-electron chi connectivity index (χ0n) is 11.1. The molecule has 0 saturated heterocycles. The molecule has 1 heterocycles. The number of nitrogens with one attached hydrogen (secondary N) is 1. The Morgan fingerprint density at radius 2 is 2.06 bits per heavy atom. The maximum Gasteiger partial charge on any atom is 0.244 e. The predicted molar refractivity (Wildman–Crippen MR) is 66.6 cm³/mol. The van der Waals surface area contributed by atoms with Gasteiger partial charge in [0.2, 0.25) is 5.89 Å². The van der Waals surface area contributed by atoms with Crippen LogP contribution in [0.3, 0.4) is 0 Å². The SMILES string of the molecule is Cc1noc(C(NCC2CCCC2)C(C)C)n1. The molecule has 1 aliphatic rings. The molecule has 1 fully saturated rings. The lowest BCUT2D eigenvalue weighted by Crippen LogP contribution is -2.30. The summed E-state index contributed by atoms with van der Waals surface area (Å²) in [7, 11) is 0. The number of aryl methyl sites for hydroxylation is 1. The fourth-order valence-electron chi connectivity index (χ4n) is 2.56. The molecular weight excluding hydrogens is 214 g/mol. The molecule has 2 rings (SSSR count). The molecule has 0 aliphatic heterocycles. The van der Waals surface area contributed by atoms with Gasteiger partial charge in [0.05, 0.1) is 6.04 Å². The molecule has 1 aromatic heterocycles. The fourth-order valence-corrected chi connectivity index (χ4v) is 2.56. The Bertz CT molecular complexity index is 342. The van der Waals surface area contributed by atoms with Crippen LogP contribution in [0.15, 0.2) is 4.52 Å². The van der Waals surface area contributed by atoms with Gasteiger partial charge in [-0.25, -0.2) is 0 Å². The van der Waals surface area contributed by atoms with Crippen molar-refractivity contribution in [3.8, 4) is 0 Å². The average molecular weight is 237 g/mol. The maximum atomic E-state index is 5.28. The number of aromatic nitrogens is 2. The molecule has 0 amide bonds. The lowest BCUT2D eigenvalue weighted by atomic mass is 10.0. The van der Waals surface area contributed by atoms with E-state index in [1.807, 2.05) is 6.92 Å². The van der Waals surface area contributed by atoms with E-state index in [1.54, 1.807) is 0 Å². The van der Waals surface area contributed by atoms with Gasteiger partial charge in [-0.05, 0) is 38.1 Å². The van der Waals surface area contributed by atoms with E-state index in [0.717, 1.165) is 18.4 Å². The topological polar surface area (TPSA) is 51.0 Å². The van der Waals surface area contributed by atoms with Gasteiger partial charge in [-0.15, -0.1) is 0 Å². The van der Waals surface area contributed by atoms with Crippen molar-refractivity contribution in [2.45, 2.75) is 52.5 Å². The van der Waals surface area contributed by atoms with Gasteiger partial charge in [0.25, 0.3) is 0 Å². The summed E-state index contributed by atoms with van der Waals surface area (Å²) in [6.07, 6.45) is 5.50. The summed E-state index contributed by atoms with van der Waals surface area (Å²) in [5, 5.41) is 7.47. The zero-order chi connectivity index (χ0) is 12.3. The second kappa shape index (κ2) is 5.63. The van der Waals surface area contributed by atoms with Gasteiger partial charge in [-0.2, -0.15) is 4.98 Å². The van der Waals surface area contributed by atoms with Crippen LogP contribution < -0.4 is 5.32 Å². The minimum absolute atomic E-state index is 0.191. The summed E-state index contributed by atoms with van der Waals surface area (Å²) >= 11 is 0. The highest BCUT2D eigenvalue weighted by Crippen LogP contribution is 2.26. The molecular formula is C13H23N3O. The molecule has 4 nitrogen and oxygen atoms in total. The van der Waals surface area contributed by atoms with Gasteiger partial charge in [-0.1, -0.05) is 31.8 Å². The highest BCUT2D eigenvalue weighted by Gasteiger charge is 2.23. The first-order chi connectivity index (χ1) is 8.16. The first kappa shape index (κ1) is 12.6. The molecule has 0 spiro atoms. The van der Waals surface area contributed by atoms with Crippen molar-refractivity contribution in [1.29, 1.82) is 0 Å². The minimum Gasteiger partial charge on any atom is -0.338 e. The molecule has 96 valence electrons. The summed E-state index contributed by atoms with van der Waals surface area (Å²) in [5.74, 6) is 2.75. The van der Waals surface area contributed by atoms with Gasteiger partial charge >= 0.3 is 0 Å². The van der Waals surface area contributed by atoms with Crippen molar-refractivity contribution < 1.29 is 4.52 Å². The second-order valence-corrected chi connectivity index (χ2v) is 5.46. The standard InChI is InChI=1S/C13H23N3O/c1-9(2)12(13-15-10(3)16-17-13)14-8-11-6-4-5-7-11/h9,11-12,14H,4-8H2,1-3H3. The summed E-state index contributed by atoms with van der Waals surface area (Å²) in [5.41, 5.74) is 0. The Labute approximate surface area is 103 Å². The second-order valence-electron chi connectivity index (χ2n) is 5.46. The third kappa shape index (κ3) is 3.28. The van der Waals surface area contributed by atoms with E-state index in [-0.39, 0.29) is 6.04 Å². The summed E-state index contributed by atoms with van der Waals surface area (Å²) in [6.45, 7) is 7.31. The van der Waals surface area contributed by atoms with E-state index in [0.29, 0.717) is 11.7 Å². The summed E-state index contributed by atoms with van der Waals surface area (Å²) in [6, 6.07) is 0.191. The van der Waals surface area contributed by atoms with E-state index < -0.39 is 0 Å². The lowest BCUT2D eigenvalue weighted by Gasteiger charge is -2.20. The van der Waals surface area contributed by atoms with Crippen molar-refractivity contribution in [1.82, 2.24) is 15.5 Å². The van der Waals surface area contributed by atoms with E-state index in [9.17, 15) is 0 Å². The predicted octanol–water partition coefficient (Wildman–Crippen LogP) is 2.85. The highest BCUT2D eigenvalue weighted by molar-refractivity contribution is 4.93. The Kier molecular flexibility index (Phi) is 4.15. The van der Waals surface area contributed by atoms with E-state index in [2.05, 4.69) is 29.3 Å². The van der Waals surface area contributed by atoms with Gasteiger partial charge in [0.1, 0.15) is 0 Å². The monoisotopic (exact) mass is 237 g/mol. The molecule has 4 heteroatoms. The van der Waals surface area contributed by atoms with Crippen molar-refractivity contribution in [3.63, 3.8) is 0 Å². The quantitative estimate of drug-likeness (QED) is 0.855.